The molecule has 2 rings (SSSR count). The van der Waals surface area contributed by atoms with Crippen molar-refractivity contribution < 1.29 is 4.74 Å². The van der Waals surface area contributed by atoms with E-state index in [1.165, 1.54) is 0 Å². The zero-order valence-electron chi connectivity index (χ0n) is 8.66. The third-order valence-electron chi connectivity index (χ3n) is 2.53. The van der Waals surface area contributed by atoms with E-state index in [4.69, 9.17) is 4.74 Å². The van der Waals surface area contributed by atoms with E-state index in [0.717, 1.165) is 42.2 Å². The summed E-state index contributed by atoms with van der Waals surface area (Å²) in [5.41, 5.74) is 0. The van der Waals surface area contributed by atoms with Crippen molar-refractivity contribution in [2.45, 2.75) is 12.8 Å². The van der Waals surface area contributed by atoms with Crippen molar-refractivity contribution in [3.63, 3.8) is 0 Å². The summed E-state index contributed by atoms with van der Waals surface area (Å²) < 4.78 is 6.23. The second-order valence-corrected chi connectivity index (χ2v) is 4.52. The van der Waals surface area contributed by atoms with Gasteiger partial charge in [-0.1, -0.05) is 0 Å². The van der Waals surface area contributed by atoms with Crippen molar-refractivity contribution >= 4 is 21.7 Å². The number of anilines is 1. The van der Waals surface area contributed by atoms with Gasteiger partial charge in [-0.3, -0.25) is 0 Å². The molecule has 1 aromatic heterocycles. The molecule has 4 nitrogen and oxygen atoms in total. The molecule has 1 aliphatic rings. The first-order valence-electron chi connectivity index (χ1n) is 5.06. The lowest BCUT2D eigenvalue weighted by molar-refractivity contribution is 0.185. The molecule has 1 N–H and O–H groups in total. The van der Waals surface area contributed by atoms with Crippen LogP contribution in [0.25, 0.3) is 0 Å². The Bertz CT molecular complexity index is 339. The Hall–Kier alpha value is -0.680. The minimum atomic E-state index is 0.580. The van der Waals surface area contributed by atoms with E-state index in [-0.39, 0.29) is 0 Å². The van der Waals surface area contributed by atoms with Crippen molar-refractivity contribution in [1.29, 1.82) is 0 Å². The molecule has 0 amide bonds. The van der Waals surface area contributed by atoms with Gasteiger partial charge in [0.25, 0.3) is 0 Å². The Labute approximate surface area is 97.6 Å². The van der Waals surface area contributed by atoms with E-state index in [2.05, 4.69) is 31.2 Å². The van der Waals surface area contributed by atoms with Crippen LogP contribution in [0.2, 0.25) is 0 Å². The highest BCUT2D eigenvalue weighted by molar-refractivity contribution is 9.10. The predicted molar refractivity (Wildman–Crippen MR) is 61.9 cm³/mol. The normalized spacial score (nSPS) is 20.5. The fourth-order valence-electron chi connectivity index (χ4n) is 1.68. The molecule has 15 heavy (non-hydrogen) atoms. The smallest absolute Gasteiger partial charge is 0.143 e. The van der Waals surface area contributed by atoms with Gasteiger partial charge in [0.2, 0.25) is 0 Å². The number of ether oxygens (including phenoxy) is 1. The van der Waals surface area contributed by atoms with E-state index >= 15 is 0 Å². The molecule has 0 spiro atoms. The first-order valence-corrected chi connectivity index (χ1v) is 5.86. The van der Waals surface area contributed by atoms with Gasteiger partial charge in [0, 0.05) is 32.9 Å². The average molecular weight is 272 g/mol. The van der Waals surface area contributed by atoms with Crippen LogP contribution >= 0.6 is 15.9 Å². The summed E-state index contributed by atoms with van der Waals surface area (Å²) in [6, 6.07) is 0. The van der Waals surface area contributed by atoms with Crippen molar-refractivity contribution in [3.8, 4) is 0 Å². The molecule has 1 saturated heterocycles. The molecular weight excluding hydrogens is 258 g/mol. The van der Waals surface area contributed by atoms with Crippen LogP contribution in [0, 0.1) is 5.92 Å². The third kappa shape index (κ3) is 2.66. The molecule has 0 aromatic carbocycles. The summed E-state index contributed by atoms with van der Waals surface area (Å²) in [5.74, 6) is 2.31. The average Bonchev–Trinajstić information content (AvgIpc) is 2.73. The summed E-state index contributed by atoms with van der Waals surface area (Å²) in [7, 11) is 1.86. The number of rotatable bonds is 3. The monoisotopic (exact) mass is 271 g/mol. The van der Waals surface area contributed by atoms with Gasteiger partial charge >= 0.3 is 0 Å². The van der Waals surface area contributed by atoms with Crippen LogP contribution < -0.4 is 5.32 Å². The maximum absolute atomic E-state index is 5.33. The number of nitrogens with one attached hydrogen (secondary N) is 1. The lowest BCUT2D eigenvalue weighted by Gasteiger charge is -2.08. The van der Waals surface area contributed by atoms with Gasteiger partial charge in [-0.05, 0) is 28.3 Å². The molecule has 1 atom stereocenters. The van der Waals surface area contributed by atoms with Crippen molar-refractivity contribution in [1.82, 2.24) is 9.97 Å². The number of nitrogens with zero attached hydrogens (tertiary/aromatic N) is 2. The van der Waals surface area contributed by atoms with E-state index in [9.17, 15) is 0 Å². The van der Waals surface area contributed by atoms with E-state index in [1.54, 1.807) is 6.20 Å². The molecule has 0 saturated carbocycles. The molecule has 1 unspecified atom stereocenters. The lowest BCUT2D eigenvalue weighted by Crippen LogP contribution is -2.08. The van der Waals surface area contributed by atoms with Gasteiger partial charge in [-0.25, -0.2) is 9.97 Å². The number of hydrogen-bond donors (Lipinski definition) is 1. The van der Waals surface area contributed by atoms with Crippen LogP contribution in [0.3, 0.4) is 0 Å². The third-order valence-corrected chi connectivity index (χ3v) is 3.11. The Morgan fingerprint density at radius 1 is 1.67 bits per heavy atom. The van der Waals surface area contributed by atoms with Crippen LogP contribution in [0.15, 0.2) is 10.7 Å². The fraction of sp³-hybridized carbons (Fsp3) is 0.600. The van der Waals surface area contributed by atoms with Crippen LogP contribution in [-0.2, 0) is 11.2 Å². The van der Waals surface area contributed by atoms with Crippen LogP contribution in [0.5, 0.6) is 0 Å². The van der Waals surface area contributed by atoms with Gasteiger partial charge in [0.05, 0.1) is 4.47 Å². The second-order valence-electron chi connectivity index (χ2n) is 3.67. The molecule has 0 bridgehead atoms. The highest BCUT2D eigenvalue weighted by atomic mass is 79.9. The van der Waals surface area contributed by atoms with E-state index < -0.39 is 0 Å². The van der Waals surface area contributed by atoms with Gasteiger partial charge in [-0.2, -0.15) is 0 Å². The molecule has 82 valence electrons. The van der Waals surface area contributed by atoms with Crippen molar-refractivity contribution in [3.05, 3.63) is 16.5 Å². The summed E-state index contributed by atoms with van der Waals surface area (Å²) >= 11 is 3.39. The predicted octanol–water partition coefficient (Wildman–Crippen LogP) is 1.86. The first kappa shape index (κ1) is 10.8. The van der Waals surface area contributed by atoms with Gasteiger partial charge in [0.1, 0.15) is 11.6 Å². The van der Waals surface area contributed by atoms with Crippen molar-refractivity contribution in [2.75, 3.05) is 25.6 Å². The summed E-state index contributed by atoms with van der Waals surface area (Å²) in [6.45, 7) is 1.72. The number of halogens is 1. The molecule has 1 aromatic rings. The van der Waals surface area contributed by atoms with Gasteiger partial charge < -0.3 is 10.1 Å². The molecule has 0 radical (unpaired) electrons. The molecular formula is C10H14BrN3O. The van der Waals surface area contributed by atoms with E-state index in [0.29, 0.717) is 5.92 Å². The highest BCUT2D eigenvalue weighted by Gasteiger charge is 2.17. The Morgan fingerprint density at radius 3 is 3.20 bits per heavy atom. The quantitative estimate of drug-likeness (QED) is 0.912. The largest absolute Gasteiger partial charge is 0.381 e. The van der Waals surface area contributed by atoms with Crippen LogP contribution in [0.4, 0.5) is 5.82 Å². The minimum absolute atomic E-state index is 0.580. The minimum Gasteiger partial charge on any atom is -0.381 e. The zero-order valence-corrected chi connectivity index (χ0v) is 10.2. The Kier molecular flexibility index (Phi) is 3.53. The number of aromatic nitrogens is 2. The molecule has 2 heterocycles. The van der Waals surface area contributed by atoms with Crippen LogP contribution in [-0.4, -0.2) is 30.2 Å². The highest BCUT2D eigenvalue weighted by Crippen LogP contribution is 2.21. The summed E-state index contributed by atoms with van der Waals surface area (Å²) in [6.07, 6.45) is 3.82. The molecule has 1 aliphatic heterocycles. The Morgan fingerprint density at radius 2 is 2.53 bits per heavy atom. The number of hydrogen-bond acceptors (Lipinski definition) is 4. The van der Waals surface area contributed by atoms with Gasteiger partial charge in [0.15, 0.2) is 0 Å². The van der Waals surface area contributed by atoms with Crippen LogP contribution in [0.1, 0.15) is 12.2 Å². The standard InChI is InChI=1S/C10H14BrN3O/c1-12-10-8(11)5-13-9(14-10)4-7-2-3-15-6-7/h5,7H,2-4,6H2,1H3,(H,12,13,14). The summed E-state index contributed by atoms with van der Waals surface area (Å²) in [4.78, 5) is 8.73. The second kappa shape index (κ2) is 4.90. The lowest BCUT2D eigenvalue weighted by atomic mass is 10.1. The zero-order chi connectivity index (χ0) is 10.7. The maximum Gasteiger partial charge on any atom is 0.143 e. The molecule has 0 aliphatic carbocycles. The topological polar surface area (TPSA) is 47.0 Å². The molecule has 5 heteroatoms. The fourth-order valence-corrected chi connectivity index (χ4v) is 2.07. The first-order chi connectivity index (χ1) is 7.29. The van der Waals surface area contributed by atoms with Gasteiger partial charge in [-0.15, -0.1) is 0 Å². The molecule has 1 fully saturated rings. The SMILES string of the molecule is CNc1nc(CC2CCOC2)ncc1Br. The van der Waals surface area contributed by atoms with Crippen molar-refractivity contribution in [2.24, 2.45) is 5.92 Å². The summed E-state index contributed by atoms with van der Waals surface area (Å²) in [5, 5.41) is 3.03. The van der Waals surface area contributed by atoms with E-state index in [1.807, 2.05) is 7.05 Å². The maximum atomic E-state index is 5.33. The Balaban J connectivity index is 2.07.